The summed E-state index contributed by atoms with van der Waals surface area (Å²) in [6.45, 7) is 3.39. The van der Waals surface area contributed by atoms with Crippen LogP contribution in [0.25, 0.3) is 11.1 Å². The summed E-state index contributed by atoms with van der Waals surface area (Å²) in [7, 11) is 0. The fraction of sp³-hybridized carbons (Fsp3) is 0.387. The zero-order chi connectivity index (χ0) is 25.2. The van der Waals surface area contributed by atoms with Crippen LogP contribution in [0.15, 0.2) is 66.7 Å². The molecular formula is C31H35FO4. The molecule has 1 unspecified atom stereocenters. The van der Waals surface area contributed by atoms with Crippen LogP contribution in [0.3, 0.4) is 0 Å². The lowest BCUT2D eigenvalue weighted by atomic mass is 10.0. The molecular weight excluding hydrogens is 455 g/mol. The second-order valence-electron chi connectivity index (χ2n) is 9.47. The third-order valence-corrected chi connectivity index (χ3v) is 6.50. The average Bonchev–Trinajstić information content (AvgIpc) is 3.72. The van der Waals surface area contributed by atoms with Gasteiger partial charge in [0.1, 0.15) is 17.3 Å². The number of unbranched alkanes of at least 4 members (excludes halogenated alkanes) is 6. The number of epoxide rings is 1. The smallest absolute Gasteiger partial charge is 0.343 e. The van der Waals surface area contributed by atoms with Gasteiger partial charge in [0.2, 0.25) is 0 Å². The van der Waals surface area contributed by atoms with Gasteiger partial charge in [0.25, 0.3) is 0 Å². The summed E-state index contributed by atoms with van der Waals surface area (Å²) < 4.78 is 30.4. The number of halogens is 1. The Hall–Kier alpha value is -3.18. The van der Waals surface area contributed by atoms with Gasteiger partial charge in [0.05, 0.1) is 24.9 Å². The third-order valence-electron chi connectivity index (χ3n) is 6.50. The Kier molecular flexibility index (Phi) is 9.51. The van der Waals surface area contributed by atoms with Gasteiger partial charge in [-0.3, -0.25) is 0 Å². The molecule has 4 rings (SSSR count). The number of esters is 1. The van der Waals surface area contributed by atoms with Crippen molar-refractivity contribution in [1.29, 1.82) is 0 Å². The molecule has 5 heteroatoms. The molecule has 1 aliphatic rings. The van der Waals surface area contributed by atoms with E-state index in [1.807, 2.05) is 18.2 Å². The van der Waals surface area contributed by atoms with Gasteiger partial charge in [0, 0.05) is 0 Å². The van der Waals surface area contributed by atoms with Gasteiger partial charge in [-0.25, -0.2) is 9.18 Å². The predicted octanol–water partition coefficient (Wildman–Crippen LogP) is 7.92. The van der Waals surface area contributed by atoms with Crippen LogP contribution in [0.1, 0.15) is 67.3 Å². The summed E-state index contributed by atoms with van der Waals surface area (Å²) in [5.74, 6) is 0.522. The molecule has 0 saturated carbocycles. The number of carbonyl (C=O) groups is 1. The van der Waals surface area contributed by atoms with Crippen molar-refractivity contribution in [2.45, 2.75) is 64.4 Å². The lowest BCUT2D eigenvalue weighted by molar-refractivity contribution is 0.0734. The molecule has 1 fully saturated rings. The molecule has 1 heterocycles. The van der Waals surface area contributed by atoms with E-state index in [0.717, 1.165) is 29.9 Å². The minimum atomic E-state index is -0.430. The molecule has 190 valence electrons. The first-order valence-corrected chi connectivity index (χ1v) is 13.0. The van der Waals surface area contributed by atoms with Crippen LogP contribution in [0.5, 0.6) is 11.5 Å². The quantitative estimate of drug-likeness (QED) is 0.0997. The van der Waals surface area contributed by atoms with Crippen LogP contribution in [-0.2, 0) is 4.74 Å². The molecule has 1 aliphatic heterocycles. The van der Waals surface area contributed by atoms with Crippen molar-refractivity contribution in [3.05, 3.63) is 83.7 Å². The lowest BCUT2D eigenvalue weighted by Crippen LogP contribution is -2.08. The number of aryl methyl sites for hydroxylation is 1. The van der Waals surface area contributed by atoms with E-state index in [-0.39, 0.29) is 5.82 Å². The normalized spacial score (nSPS) is 14.4. The van der Waals surface area contributed by atoms with Gasteiger partial charge in [-0.15, -0.1) is 0 Å². The fourth-order valence-electron chi connectivity index (χ4n) is 4.12. The van der Waals surface area contributed by atoms with Crippen molar-refractivity contribution in [3.63, 3.8) is 0 Å². The van der Waals surface area contributed by atoms with E-state index in [1.165, 1.54) is 51.0 Å². The highest BCUT2D eigenvalue weighted by Crippen LogP contribution is 2.25. The number of benzene rings is 3. The Bertz CT molecular complexity index is 1100. The molecule has 3 aromatic carbocycles. The fourth-order valence-corrected chi connectivity index (χ4v) is 4.12. The van der Waals surface area contributed by atoms with Crippen LogP contribution in [-0.4, -0.2) is 25.3 Å². The molecule has 0 amide bonds. The highest BCUT2D eigenvalue weighted by atomic mass is 19.1. The maximum atomic E-state index is 13.8. The highest BCUT2D eigenvalue weighted by molar-refractivity contribution is 5.91. The Morgan fingerprint density at radius 3 is 2.11 bits per heavy atom. The second kappa shape index (κ2) is 13.2. The van der Waals surface area contributed by atoms with E-state index in [4.69, 9.17) is 14.2 Å². The Morgan fingerprint density at radius 1 is 0.833 bits per heavy atom. The zero-order valence-corrected chi connectivity index (χ0v) is 21.0. The van der Waals surface area contributed by atoms with E-state index in [9.17, 15) is 9.18 Å². The van der Waals surface area contributed by atoms with Crippen molar-refractivity contribution in [3.8, 4) is 22.6 Å². The van der Waals surface area contributed by atoms with Crippen LogP contribution in [0.4, 0.5) is 4.39 Å². The molecule has 0 bridgehead atoms. The molecule has 0 radical (unpaired) electrons. The monoisotopic (exact) mass is 490 g/mol. The van der Waals surface area contributed by atoms with Crippen molar-refractivity contribution in [1.82, 2.24) is 0 Å². The molecule has 1 saturated heterocycles. The van der Waals surface area contributed by atoms with Gasteiger partial charge in [-0.2, -0.15) is 0 Å². The van der Waals surface area contributed by atoms with Crippen LogP contribution >= 0.6 is 0 Å². The highest BCUT2D eigenvalue weighted by Gasteiger charge is 2.20. The lowest BCUT2D eigenvalue weighted by Gasteiger charge is -2.09. The minimum Gasteiger partial charge on any atom is -0.494 e. The van der Waals surface area contributed by atoms with Gasteiger partial charge in [-0.05, 0) is 78.9 Å². The van der Waals surface area contributed by atoms with E-state index >= 15 is 0 Å². The Labute approximate surface area is 213 Å². The number of hydrogen-bond donors (Lipinski definition) is 0. The molecule has 0 aliphatic carbocycles. The Morgan fingerprint density at radius 2 is 1.44 bits per heavy atom. The number of rotatable bonds is 14. The van der Waals surface area contributed by atoms with Crippen molar-refractivity contribution < 1.29 is 23.4 Å². The maximum absolute atomic E-state index is 13.8. The largest absolute Gasteiger partial charge is 0.494 e. The maximum Gasteiger partial charge on any atom is 0.343 e. The third kappa shape index (κ3) is 8.20. The molecule has 4 nitrogen and oxygen atoms in total. The van der Waals surface area contributed by atoms with E-state index in [2.05, 4.69) is 0 Å². The summed E-state index contributed by atoms with van der Waals surface area (Å²) in [5, 5.41) is 0. The summed E-state index contributed by atoms with van der Waals surface area (Å²) in [4.78, 5) is 12.5. The standard InChI is InChI=1S/C31H35FO4/c1-23-10-11-26(21-30(23)32)24-12-18-28(19-13-24)36-31(33)25-14-16-27(17-15-25)34-20-8-6-4-2-3-5-7-9-29-22-35-29/h10-19,21,29H,2-9,20,22H2,1H3. The van der Waals surface area contributed by atoms with Crippen molar-refractivity contribution >= 4 is 5.97 Å². The van der Waals surface area contributed by atoms with Crippen molar-refractivity contribution in [2.75, 3.05) is 13.2 Å². The molecule has 0 N–H and O–H groups in total. The van der Waals surface area contributed by atoms with Crippen LogP contribution < -0.4 is 9.47 Å². The zero-order valence-electron chi connectivity index (χ0n) is 21.0. The van der Waals surface area contributed by atoms with E-state index in [0.29, 0.717) is 29.6 Å². The first-order valence-electron chi connectivity index (χ1n) is 13.0. The number of carbonyl (C=O) groups excluding carboxylic acids is 1. The van der Waals surface area contributed by atoms with E-state index in [1.54, 1.807) is 49.4 Å². The summed E-state index contributed by atoms with van der Waals surface area (Å²) >= 11 is 0. The Balaban J connectivity index is 1.13. The molecule has 0 aromatic heterocycles. The first-order chi connectivity index (χ1) is 17.6. The molecule has 1 atom stereocenters. The topological polar surface area (TPSA) is 48.1 Å². The predicted molar refractivity (Wildman–Crippen MR) is 140 cm³/mol. The van der Waals surface area contributed by atoms with Crippen molar-refractivity contribution in [2.24, 2.45) is 0 Å². The van der Waals surface area contributed by atoms with Gasteiger partial charge >= 0.3 is 5.97 Å². The number of hydrogen-bond acceptors (Lipinski definition) is 4. The second-order valence-corrected chi connectivity index (χ2v) is 9.47. The minimum absolute atomic E-state index is 0.239. The summed E-state index contributed by atoms with van der Waals surface area (Å²) in [5.41, 5.74) is 2.70. The van der Waals surface area contributed by atoms with Gasteiger partial charge in [-0.1, -0.05) is 62.8 Å². The SMILES string of the molecule is Cc1ccc(-c2ccc(OC(=O)c3ccc(OCCCCCCCCCC4CO4)cc3)cc2)cc1F. The van der Waals surface area contributed by atoms with E-state index < -0.39 is 5.97 Å². The molecule has 3 aromatic rings. The molecule has 0 spiro atoms. The molecule has 36 heavy (non-hydrogen) atoms. The number of ether oxygens (including phenoxy) is 3. The summed E-state index contributed by atoms with van der Waals surface area (Å²) in [6.07, 6.45) is 10.5. The van der Waals surface area contributed by atoms with Crippen LogP contribution in [0.2, 0.25) is 0 Å². The van der Waals surface area contributed by atoms with Crippen LogP contribution in [0, 0.1) is 12.7 Å². The average molecular weight is 491 g/mol. The summed E-state index contributed by atoms with van der Waals surface area (Å²) in [6, 6.07) is 19.2. The first kappa shape index (κ1) is 25.9. The van der Waals surface area contributed by atoms with Gasteiger partial charge < -0.3 is 14.2 Å². The van der Waals surface area contributed by atoms with Gasteiger partial charge in [0.15, 0.2) is 0 Å².